The van der Waals surface area contributed by atoms with E-state index in [1.54, 1.807) is 6.08 Å². The molecule has 0 aliphatic heterocycles. The maximum atomic E-state index is 11.7. The smallest absolute Gasteiger partial charge is 0.320 e. The first-order valence-electron chi connectivity index (χ1n) is 6.39. The highest BCUT2D eigenvalue weighted by atomic mass is 16.5. The molecular formula is C14H18N4O2. The van der Waals surface area contributed by atoms with Crippen molar-refractivity contribution >= 4 is 22.8 Å². The first-order chi connectivity index (χ1) is 9.60. The molecule has 1 aromatic heterocycles. The van der Waals surface area contributed by atoms with E-state index < -0.39 is 0 Å². The van der Waals surface area contributed by atoms with Crippen LogP contribution in [0.1, 0.15) is 13.8 Å². The molecule has 0 spiro atoms. The zero-order valence-electron chi connectivity index (χ0n) is 11.6. The Hall–Kier alpha value is -2.50. The Morgan fingerprint density at radius 3 is 3.05 bits per heavy atom. The molecule has 0 saturated carbocycles. The summed E-state index contributed by atoms with van der Waals surface area (Å²) in [6, 6.07) is 5.29. The second-order valence-electron chi connectivity index (χ2n) is 4.63. The summed E-state index contributed by atoms with van der Waals surface area (Å²) in [6.07, 6.45) is 1.68. The van der Waals surface area contributed by atoms with E-state index in [4.69, 9.17) is 4.74 Å². The zero-order chi connectivity index (χ0) is 14.5. The SMILES string of the molecule is C=CCOc1ccc2[nH]nc(NC(=O)NC(C)C)c2c1. The molecule has 0 fully saturated rings. The van der Waals surface area contributed by atoms with E-state index in [1.165, 1.54) is 0 Å². The molecule has 1 heterocycles. The van der Waals surface area contributed by atoms with Gasteiger partial charge in [-0.05, 0) is 32.0 Å². The first-order valence-corrected chi connectivity index (χ1v) is 6.39. The quantitative estimate of drug-likeness (QED) is 0.733. The number of urea groups is 1. The van der Waals surface area contributed by atoms with E-state index in [0.717, 1.165) is 10.9 Å². The Morgan fingerprint density at radius 2 is 2.35 bits per heavy atom. The van der Waals surface area contributed by atoms with E-state index in [1.807, 2.05) is 32.0 Å². The third-order valence-electron chi connectivity index (χ3n) is 2.55. The van der Waals surface area contributed by atoms with Gasteiger partial charge in [0.25, 0.3) is 0 Å². The number of H-pyrrole nitrogens is 1. The minimum absolute atomic E-state index is 0.0618. The molecule has 6 heteroatoms. The van der Waals surface area contributed by atoms with Gasteiger partial charge in [0.05, 0.1) is 5.52 Å². The van der Waals surface area contributed by atoms with Crippen molar-refractivity contribution in [2.75, 3.05) is 11.9 Å². The molecule has 2 rings (SSSR count). The maximum absolute atomic E-state index is 11.7. The summed E-state index contributed by atoms with van der Waals surface area (Å²) in [4.78, 5) is 11.7. The highest BCUT2D eigenvalue weighted by Crippen LogP contribution is 2.25. The third-order valence-corrected chi connectivity index (χ3v) is 2.55. The molecule has 0 unspecified atom stereocenters. The molecule has 3 N–H and O–H groups in total. The highest BCUT2D eigenvalue weighted by molar-refractivity contribution is 5.99. The molecule has 20 heavy (non-hydrogen) atoms. The van der Waals surface area contributed by atoms with Crippen molar-refractivity contribution in [2.24, 2.45) is 0 Å². The van der Waals surface area contributed by atoms with Crippen molar-refractivity contribution < 1.29 is 9.53 Å². The Morgan fingerprint density at radius 1 is 1.55 bits per heavy atom. The lowest BCUT2D eigenvalue weighted by Gasteiger charge is -2.08. The van der Waals surface area contributed by atoms with Crippen LogP contribution in [-0.2, 0) is 0 Å². The fourth-order valence-corrected chi connectivity index (χ4v) is 1.74. The molecule has 0 aliphatic rings. The van der Waals surface area contributed by atoms with Crippen LogP contribution in [0.5, 0.6) is 5.75 Å². The summed E-state index contributed by atoms with van der Waals surface area (Å²) in [6.45, 7) is 7.82. The molecule has 0 saturated heterocycles. The van der Waals surface area contributed by atoms with Crippen LogP contribution in [0.3, 0.4) is 0 Å². The lowest BCUT2D eigenvalue weighted by Crippen LogP contribution is -2.34. The van der Waals surface area contributed by atoms with Crippen LogP contribution in [0.4, 0.5) is 10.6 Å². The molecule has 0 atom stereocenters. The molecule has 1 aromatic carbocycles. The van der Waals surface area contributed by atoms with Gasteiger partial charge in [-0.1, -0.05) is 12.7 Å². The predicted molar refractivity (Wildman–Crippen MR) is 79.1 cm³/mol. The number of fused-ring (bicyclic) bond motifs is 1. The first kappa shape index (κ1) is 13.9. The minimum atomic E-state index is -0.286. The number of ether oxygens (including phenoxy) is 1. The van der Waals surface area contributed by atoms with Gasteiger partial charge in [0.15, 0.2) is 5.82 Å². The van der Waals surface area contributed by atoms with E-state index in [2.05, 4.69) is 27.4 Å². The van der Waals surface area contributed by atoms with Crippen LogP contribution < -0.4 is 15.4 Å². The van der Waals surface area contributed by atoms with Gasteiger partial charge in [-0.2, -0.15) is 5.10 Å². The lowest BCUT2D eigenvalue weighted by atomic mass is 10.2. The Bertz CT molecular complexity index is 619. The fraction of sp³-hybridized carbons (Fsp3) is 0.286. The number of carbonyl (C=O) groups excluding carboxylic acids is 1. The number of hydrogen-bond acceptors (Lipinski definition) is 3. The van der Waals surface area contributed by atoms with Gasteiger partial charge < -0.3 is 10.1 Å². The number of benzene rings is 1. The molecule has 2 amide bonds. The van der Waals surface area contributed by atoms with Gasteiger partial charge in [0, 0.05) is 11.4 Å². The summed E-state index contributed by atoms with van der Waals surface area (Å²) in [5.74, 6) is 1.17. The van der Waals surface area contributed by atoms with Crippen LogP contribution in [0, 0.1) is 0 Å². The van der Waals surface area contributed by atoms with Crippen molar-refractivity contribution in [3.05, 3.63) is 30.9 Å². The number of aromatic nitrogens is 2. The number of nitrogens with one attached hydrogen (secondary N) is 3. The van der Waals surface area contributed by atoms with Crippen molar-refractivity contribution in [2.45, 2.75) is 19.9 Å². The summed E-state index contributed by atoms with van der Waals surface area (Å²) in [5.41, 5.74) is 0.829. The normalized spacial score (nSPS) is 10.6. The highest BCUT2D eigenvalue weighted by Gasteiger charge is 2.10. The van der Waals surface area contributed by atoms with Gasteiger partial charge in [0.2, 0.25) is 0 Å². The lowest BCUT2D eigenvalue weighted by molar-refractivity contribution is 0.250. The largest absolute Gasteiger partial charge is 0.490 e. The summed E-state index contributed by atoms with van der Waals surface area (Å²) < 4.78 is 5.47. The molecule has 2 aromatic rings. The standard InChI is InChI=1S/C14H18N4O2/c1-4-7-20-10-5-6-12-11(8-10)13(18-17-12)16-14(19)15-9(2)3/h4-6,8-9H,1,7H2,2-3H3,(H3,15,16,17,18,19). The average molecular weight is 274 g/mol. The maximum Gasteiger partial charge on any atom is 0.320 e. The number of hydrogen-bond donors (Lipinski definition) is 3. The second kappa shape index (κ2) is 6.10. The van der Waals surface area contributed by atoms with Gasteiger partial charge in [-0.15, -0.1) is 0 Å². The second-order valence-corrected chi connectivity index (χ2v) is 4.63. The van der Waals surface area contributed by atoms with Crippen LogP contribution in [0.15, 0.2) is 30.9 Å². The van der Waals surface area contributed by atoms with E-state index in [9.17, 15) is 4.79 Å². The van der Waals surface area contributed by atoms with Crippen LogP contribution >= 0.6 is 0 Å². The number of amides is 2. The van der Waals surface area contributed by atoms with Crippen molar-refractivity contribution in [3.63, 3.8) is 0 Å². The van der Waals surface area contributed by atoms with Crippen LogP contribution in [0.2, 0.25) is 0 Å². The van der Waals surface area contributed by atoms with Gasteiger partial charge >= 0.3 is 6.03 Å². The number of aromatic amines is 1. The van der Waals surface area contributed by atoms with Crippen molar-refractivity contribution in [3.8, 4) is 5.75 Å². The van der Waals surface area contributed by atoms with Gasteiger partial charge in [-0.3, -0.25) is 10.4 Å². The number of nitrogens with zero attached hydrogens (tertiary/aromatic N) is 1. The fourth-order valence-electron chi connectivity index (χ4n) is 1.74. The van der Waals surface area contributed by atoms with Crippen molar-refractivity contribution in [1.29, 1.82) is 0 Å². The van der Waals surface area contributed by atoms with Gasteiger partial charge in [-0.25, -0.2) is 4.79 Å². The molecule has 6 nitrogen and oxygen atoms in total. The Balaban J connectivity index is 2.20. The summed E-state index contributed by atoms with van der Waals surface area (Å²) in [7, 11) is 0. The average Bonchev–Trinajstić information content (AvgIpc) is 2.78. The predicted octanol–water partition coefficient (Wildman–Crippen LogP) is 2.66. The zero-order valence-corrected chi connectivity index (χ0v) is 11.6. The molecule has 0 aliphatic carbocycles. The third kappa shape index (κ3) is 3.28. The molecule has 0 bridgehead atoms. The Labute approximate surface area is 117 Å². The number of carbonyl (C=O) groups is 1. The monoisotopic (exact) mass is 274 g/mol. The van der Waals surface area contributed by atoms with E-state index in [0.29, 0.717) is 18.2 Å². The van der Waals surface area contributed by atoms with E-state index in [-0.39, 0.29) is 12.1 Å². The summed E-state index contributed by atoms with van der Waals surface area (Å²) in [5, 5.41) is 13.2. The van der Waals surface area contributed by atoms with Gasteiger partial charge in [0.1, 0.15) is 12.4 Å². The number of anilines is 1. The molecular weight excluding hydrogens is 256 g/mol. The van der Waals surface area contributed by atoms with Crippen LogP contribution in [-0.4, -0.2) is 28.9 Å². The van der Waals surface area contributed by atoms with E-state index >= 15 is 0 Å². The van der Waals surface area contributed by atoms with Crippen molar-refractivity contribution in [1.82, 2.24) is 15.5 Å². The van der Waals surface area contributed by atoms with Crippen LogP contribution in [0.25, 0.3) is 10.9 Å². The molecule has 0 radical (unpaired) electrons. The summed E-state index contributed by atoms with van der Waals surface area (Å²) >= 11 is 0. The Kier molecular flexibility index (Phi) is 4.24. The molecule has 106 valence electrons. The minimum Gasteiger partial charge on any atom is -0.490 e. The topological polar surface area (TPSA) is 79.0 Å². The number of rotatable bonds is 5.